The average Bonchev–Trinajstić information content (AvgIpc) is 2.96. The maximum absolute atomic E-state index is 13.0. The molecular weight excluding hydrogens is 354 g/mol. The monoisotopic (exact) mass is 377 g/mol. The molecule has 1 N–H and O–H groups in total. The molecular formula is C22H23N3O3. The van der Waals surface area contributed by atoms with E-state index in [1.807, 2.05) is 61.5 Å². The quantitative estimate of drug-likeness (QED) is 0.833. The molecule has 0 aromatic heterocycles. The highest BCUT2D eigenvalue weighted by molar-refractivity contribution is 6.08. The highest BCUT2D eigenvalue weighted by Gasteiger charge is 2.40. The smallest absolute Gasteiger partial charge is 0.325 e. The first-order valence-electron chi connectivity index (χ1n) is 9.60. The van der Waals surface area contributed by atoms with E-state index in [4.69, 9.17) is 0 Å². The Morgan fingerprint density at radius 3 is 2.57 bits per heavy atom. The number of para-hydroxylation sites is 1. The molecule has 1 fully saturated rings. The van der Waals surface area contributed by atoms with Crippen LogP contribution in [0, 0.1) is 0 Å². The van der Waals surface area contributed by atoms with Crippen molar-refractivity contribution in [2.75, 3.05) is 11.4 Å². The van der Waals surface area contributed by atoms with Crippen molar-refractivity contribution in [1.82, 2.24) is 10.2 Å². The van der Waals surface area contributed by atoms with Crippen LogP contribution in [0.15, 0.2) is 54.6 Å². The summed E-state index contributed by atoms with van der Waals surface area (Å²) >= 11 is 0. The minimum absolute atomic E-state index is 0.0308. The van der Waals surface area contributed by atoms with Gasteiger partial charge in [0.15, 0.2) is 0 Å². The number of imide groups is 1. The van der Waals surface area contributed by atoms with E-state index in [2.05, 4.69) is 5.32 Å². The van der Waals surface area contributed by atoms with Gasteiger partial charge in [-0.1, -0.05) is 48.5 Å². The van der Waals surface area contributed by atoms with E-state index in [1.54, 1.807) is 4.90 Å². The van der Waals surface area contributed by atoms with E-state index >= 15 is 0 Å². The number of nitrogens with zero attached hydrogens (tertiary/aromatic N) is 2. The van der Waals surface area contributed by atoms with Crippen LogP contribution in [0.5, 0.6) is 0 Å². The van der Waals surface area contributed by atoms with Gasteiger partial charge in [-0.25, -0.2) is 4.79 Å². The summed E-state index contributed by atoms with van der Waals surface area (Å²) in [5.74, 6) is -0.580. The fraction of sp³-hybridized carbons (Fsp3) is 0.318. The summed E-state index contributed by atoms with van der Waals surface area (Å²) in [7, 11) is 0. The van der Waals surface area contributed by atoms with Crippen LogP contribution in [0.4, 0.5) is 10.5 Å². The number of carbonyl (C=O) groups is 3. The Labute approximate surface area is 164 Å². The predicted octanol–water partition coefficient (Wildman–Crippen LogP) is 2.52. The van der Waals surface area contributed by atoms with E-state index in [0.29, 0.717) is 6.42 Å². The van der Waals surface area contributed by atoms with Gasteiger partial charge in [-0.3, -0.25) is 14.5 Å². The van der Waals surface area contributed by atoms with Crippen molar-refractivity contribution in [2.45, 2.75) is 38.3 Å². The summed E-state index contributed by atoms with van der Waals surface area (Å²) in [4.78, 5) is 40.9. The van der Waals surface area contributed by atoms with E-state index < -0.39 is 12.1 Å². The zero-order valence-electron chi connectivity index (χ0n) is 15.8. The zero-order valence-corrected chi connectivity index (χ0v) is 15.8. The molecule has 4 amide bonds. The second-order valence-electron chi connectivity index (χ2n) is 7.40. The molecule has 144 valence electrons. The molecule has 0 aliphatic carbocycles. The van der Waals surface area contributed by atoms with Gasteiger partial charge in [0.1, 0.15) is 12.6 Å². The second-order valence-corrected chi connectivity index (χ2v) is 7.40. The number of rotatable bonds is 4. The lowest BCUT2D eigenvalue weighted by Gasteiger charge is -2.36. The van der Waals surface area contributed by atoms with Crippen molar-refractivity contribution >= 4 is 23.5 Å². The van der Waals surface area contributed by atoms with Gasteiger partial charge < -0.3 is 10.2 Å². The Kier molecular flexibility index (Phi) is 4.86. The minimum Gasteiger partial charge on any atom is -0.325 e. The molecule has 2 aromatic carbocycles. The number of fused-ring (bicyclic) bond motifs is 1. The topological polar surface area (TPSA) is 69.7 Å². The minimum atomic E-state index is -0.631. The average molecular weight is 377 g/mol. The fourth-order valence-corrected chi connectivity index (χ4v) is 3.99. The van der Waals surface area contributed by atoms with Gasteiger partial charge in [-0.2, -0.15) is 0 Å². The van der Waals surface area contributed by atoms with Crippen LogP contribution in [0.3, 0.4) is 0 Å². The first kappa shape index (κ1) is 18.2. The molecule has 0 bridgehead atoms. The van der Waals surface area contributed by atoms with Gasteiger partial charge >= 0.3 is 6.03 Å². The van der Waals surface area contributed by atoms with Crippen molar-refractivity contribution in [3.8, 4) is 0 Å². The number of urea groups is 1. The molecule has 6 heteroatoms. The van der Waals surface area contributed by atoms with Crippen molar-refractivity contribution in [3.63, 3.8) is 0 Å². The molecule has 2 aliphatic rings. The van der Waals surface area contributed by atoms with Crippen LogP contribution in [0.25, 0.3) is 0 Å². The molecule has 1 saturated heterocycles. The summed E-state index contributed by atoms with van der Waals surface area (Å²) < 4.78 is 0. The van der Waals surface area contributed by atoms with Crippen molar-refractivity contribution in [1.29, 1.82) is 0 Å². The number of carbonyl (C=O) groups excluding carboxylic acids is 3. The fourth-order valence-electron chi connectivity index (χ4n) is 3.99. The van der Waals surface area contributed by atoms with E-state index in [9.17, 15) is 14.4 Å². The Bertz CT molecular complexity index is 912. The molecule has 2 aromatic rings. The second kappa shape index (κ2) is 7.46. The number of hydrogen-bond donors (Lipinski definition) is 1. The number of benzene rings is 2. The molecule has 2 atom stereocenters. The van der Waals surface area contributed by atoms with E-state index in [0.717, 1.165) is 34.6 Å². The third kappa shape index (κ3) is 3.38. The Morgan fingerprint density at radius 1 is 1.07 bits per heavy atom. The maximum Gasteiger partial charge on any atom is 0.325 e. The lowest BCUT2D eigenvalue weighted by molar-refractivity contribution is -0.131. The van der Waals surface area contributed by atoms with Gasteiger partial charge in [0.05, 0.1) is 0 Å². The van der Waals surface area contributed by atoms with Crippen LogP contribution < -0.4 is 10.2 Å². The summed E-state index contributed by atoms with van der Waals surface area (Å²) in [5, 5.41) is 2.71. The normalized spacial score (nSPS) is 21.5. The molecule has 4 rings (SSSR count). The van der Waals surface area contributed by atoms with Crippen LogP contribution in [0.2, 0.25) is 0 Å². The van der Waals surface area contributed by atoms with Gasteiger partial charge in [0, 0.05) is 18.2 Å². The lowest BCUT2D eigenvalue weighted by Crippen LogP contribution is -2.48. The van der Waals surface area contributed by atoms with E-state index in [-0.39, 0.29) is 24.4 Å². The van der Waals surface area contributed by atoms with Crippen molar-refractivity contribution < 1.29 is 14.4 Å². The number of hydrogen-bond acceptors (Lipinski definition) is 3. The number of nitrogens with one attached hydrogen (secondary N) is 1. The molecule has 2 unspecified atom stereocenters. The van der Waals surface area contributed by atoms with Gasteiger partial charge in [-0.05, 0) is 37.0 Å². The summed E-state index contributed by atoms with van der Waals surface area (Å²) in [5.41, 5.74) is 2.96. The number of aryl methyl sites for hydroxylation is 1. The van der Waals surface area contributed by atoms with E-state index in [1.165, 1.54) is 0 Å². The van der Waals surface area contributed by atoms with Gasteiger partial charge in [0.2, 0.25) is 5.91 Å². The number of amides is 4. The molecule has 2 aliphatic heterocycles. The third-order valence-corrected chi connectivity index (χ3v) is 5.48. The Hall–Kier alpha value is -3.15. The van der Waals surface area contributed by atoms with Crippen molar-refractivity contribution in [2.24, 2.45) is 0 Å². The molecule has 0 radical (unpaired) electrons. The van der Waals surface area contributed by atoms with Crippen LogP contribution in [-0.4, -0.2) is 41.4 Å². The zero-order chi connectivity index (χ0) is 19.7. The van der Waals surface area contributed by atoms with Crippen LogP contribution >= 0.6 is 0 Å². The summed E-state index contributed by atoms with van der Waals surface area (Å²) in [6.07, 6.45) is 2.20. The first-order chi connectivity index (χ1) is 13.5. The van der Waals surface area contributed by atoms with Crippen LogP contribution in [-0.2, 0) is 22.4 Å². The largest absolute Gasteiger partial charge is 0.325 e. The standard InChI is InChI=1S/C22H23N3O3/c1-15-11-12-17-9-5-6-10-19(17)25(15)20(26)14-24-21(27)18(23-22(24)28)13-16-7-3-2-4-8-16/h2-10,15,18H,11-14H2,1H3,(H,23,28). The molecule has 28 heavy (non-hydrogen) atoms. The third-order valence-electron chi connectivity index (χ3n) is 5.48. The van der Waals surface area contributed by atoms with Crippen LogP contribution in [0.1, 0.15) is 24.5 Å². The predicted molar refractivity (Wildman–Crippen MR) is 106 cm³/mol. The highest BCUT2D eigenvalue weighted by atomic mass is 16.2. The Balaban J connectivity index is 1.49. The SMILES string of the molecule is CC1CCc2ccccc2N1C(=O)CN1C(=O)NC(Cc2ccccc2)C1=O. The number of anilines is 1. The molecule has 0 saturated carbocycles. The summed E-state index contributed by atoms with van der Waals surface area (Å²) in [6, 6.07) is 16.2. The molecule has 6 nitrogen and oxygen atoms in total. The summed E-state index contributed by atoms with van der Waals surface area (Å²) in [6.45, 7) is 1.76. The van der Waals surface area contributed by atoms with Gasteiger partial charge in [0.25, 0.3) is 5.91 Å². The molecule has 2 heterocycles. The highest BCUT2D eigenvalue weighted by Crippen LogP contribution is 2.30. The van der Waals surface area contributed by atoms with Gasteiger partial charge in [-0.15, -0.1) is 0 Å². The molecule has 0 spiro atoms. The van der Waals surface area contributed by atoms with Crippen molar-refractivity contribution in [3.05, 3.63) is 65.7 Å². The lowest BCUT2D eigenvalue weighted by atomic mass is 9.96. The first-order valence-corrected chi connectivity index (χ1v) is 9.60. The Morgan fingerprint density at radius 2 is 1.79 bits per heavy atom. The maximum atomic E-state index is 13.0.